The summed E-state index contributed by atoms with van der Waals surface area (Å²) in [6.07, 6.45) is 9.53. The Kier molecular flexibility index (Phi) is 5.91. The molecule has 3 aliphatic carbocycles. The molecule has 6 nitrogen and oxygen atoms in total. The van der Waals surface area contributed by atoms with Crippen LogP contribution in [0.15, 0.2) is 0 Å². The van der Waals surface area contributed by atoms with Gasteiger partial charge in [0.25, 0.3) is 0 Å². The summed E-state index contributed by atoms with van der Waals surface area (Å²) in [5.41, 5.74) is -0.820. The summed E-state index contributed by atoms with van der Waals surface area (Å²) in [7, 11) is 0. The average Bonchev–Trinajstić information content (AvgIpc) is 3.64. The molecule has 0 bridgehead atoms. The topological polar surface area (TPSA) is 77.7 Å². The van der Waals surface area contributed by atoms with Crippen molar-refractivity contribution in [3.05, 3.63) is 0 Å². The van der Waals surface area contributed by atoms with E-state index in [0.29, 0.717) is 49.7 Å². The Bertz CT molecular complexity index is 759. The molecule has 2 heterocycles. The van der Waals surface area contributed by atoms with Crippen molar-refractivity contribution in [1.29, 1.82) is 0 Å². The van der Waals surface area contributed by atoms with Crippen molar-refractivity contribution in [3.8, 4) is 0 Å². The Morgan fingerprint density at radius 3 is 1.35 bits per heavy atom. The first kappa shape index (κ1) is 24.5. The molecule has 0 N–H and O–H groups in total. The van der Waals surface area contributed by atoms with Crippen molar-refractivity contribution in [2.75, 3.05) is 0 Å². The van der Waals surface area contributed by atoms with Gasteiger partial charge in [-0.05, 0) is 106 Å². The maximum atomic E-state index is 13.0. The van der Waals surface area contributed by atoms with Gasteiger partial charge in [0.1, 0.15) is 11.2 Å². The summed E-state index contributed by atoms with van der Waals surface area (Å²) < 4.78 is 23.8. The van der Waals surface area contributed by atoms with Crippen LogP contribution >= 0.6 is 0 Å². The molecule has 0 radical (unpaired) electrons. The molecule has 5 aliphatic rings. The van der Waals surface area contributed by atoms with Crippen molar-refractivity contribution < 1.29 is 28.5 Å². The van der Waals surface area contributed by atoms with Crippen molar-refractivity contribution >= 4 is 11.9 Å². The predicted molar refractivity (Wildman–Crippen MR) is 127 cm³/mol. The highest BCUT2D eigenvalue weighted by molar-refractivity contribution is 5.75. The molecule has 2 aliphatic heterocycles. The van der Waals surface area contributed by atoms with Gasteiger partial charge in [-0.3, -0.25) is 9.59 Å². The molecule has 6 atom stereocenters. The first-order valence-electron chi connectivity index (χ1n) is 13.6. The molecule has 0 spiro atoms. The van der Waals surface area contributed by atoms with Crippen LogP contribution in [0.25, 0.3) is 0 Å². The van der Waals surface area contributed by atoms with E-state index in [1.54, 1.807) is 0 Å². The molecule has 2 saturated heterocycles. The lowest BCUT2D eigenvalue weighted by atomic mass is 9.75. The minimum Gasteiger partial charge on any atom is -0.459 e. The third-order valence-electron chi connectivity index (χ3n) is 10.1. The second-order valence-corrected chi connectivity index (χ2v) is 13.4. The molecule has 0 amide bonds. The Hall–Kier alpha value is -1.14. The zero-order valence-corrected chi connectivity index (χ0v) is 22.0. The summed E-state index contributed by atoms with van der Waals surface area (Å²) in [5.74, 6) is 0.234. The van der Waals surface area contributed by atoms with E-state index in [4.69, 9.17) is 18.9 Å². The summed E-state index contributed by atoms with van der Waals surface area (Å²) in [6.45, 7) is 12.6. The first-order chi connectivity index (χ1) is 15.8. The van der Waals surface area contributed by atoms with E-state index < -0.39 is 11.2 Å². The molecule has 6 heteroatoms. The number of rotatable bonds is 6. The normalized spacial score (nSPS) is 43.8. The van der Waals surface area contributed by atoms with Crippen LogP contribution in [0.1, 0.15) is 106 Å². The molecule has 0 aromatic carbocycles. The fourth-order valence-corrected chi connectivity index (χ4v) is 6.97. The number of ether oxygens (including phenoxy) is 4. The molecule has 0 aromatic heterocycles. The SMILES string of the molecule is CC(C)(OC(=O)C1CCC(C(=O)OC(C)(C)C2CCC3(C)OC3C2)CC1)C1CCC2(C)OC2C1. The lowest BCUT2D eigenvalue weighted by Gasteiger charge is -2.39. The summed E-state index contributed by atoms with van der Waals surface area (Å²) in [6, 6.07) is 0. The fourth-order valence-electron chi connectivity index (χ4n) is 6.97. The number of carbonyl (C=O) groups excluding carboxylic acids is 2. The van der Waals surface area contributed by atoms with Crippen LogP contribution in [0.2, 0.25) is 0 Å². The predicted octanol–water partition coefficient (Wildman–Crippen LogP) is 5.35. The summed E-state index contributed by atoms with van der Waals surface area (Å²) in [5, 5.41) is 0. The second kappa shape index (κ2) is 8.19. The molecular weight excluding hydrogens is 432 g/mol. The van der Waals surface area contributed by atoms with E-state index in [9.17, 15) is 9.59 Å². The van der Waals surface area contributed by atoms with E-state index in [2.05, 4.69) is 13.8 Å². The maximum absolute atomic E-state index is 13.0. The van der Waals surface area contributed by atoms with Gasteiger partial charge in [0, 0.05) is 11.8 Å². The summed E-state index contributed by atoms with van der Waals surface area (Å²) >= 11 is 0. The molecule has 34 heavy (non-hydrogen) atoms. The van der Waals surface area contributed by atoms with E-state index in [1.807, 2.05) is 27.7 Å². The number of esters is 2. The Balaban J connectivity index is 1.07. The third-order valence-corrected chi connectivity index (χ3v) is 10.1. The van der Waals surface area contributed by atoms with Crippen molar-refractivity contribution in [2.45, 2.75) is 140 Å². The van der Waals surface area contributed by atoms with Gasteiger partial charge in [-0.25, -0.2) is 0 Å². The number of hydrogen-bond acceptors (Lipinski definition) is 6. The van der Waals surface area contributed by atoms with Gasteiger partial charge >= 0.3 is 11.9 Å². The molecule has 192 valence electrons. The Morgan fingerprint density at radius 2 is 1.03 bits per heavy atom. The number of epoxide rings is 2. The minimum absolute atomic E-state index is 0.0708. The van der Waals surface area contributed by atoms with Crippen LogP contribution in [0.3, 0.4) is 0 Å². The van der Waals surface area contributed by atoms with Gasteiger partial charge in [0.15, 0.2) is 0 Å². The van der Waals surface area contributed by atoms with Crippen LogP contribution in [0.4, 0.5) is 0 Å². The maximum Gasteiger partial charge on any atom is 0.309 e. The lowest BCUT2D eigenvalue weighted by Crippen LogP contribution is -2.43. The highest BCUT2D eigenvalue weighted by Crippen LogP contribution is 2.53. The van der Waals surface area contributed by atoms with E-state index in [-0.39, 0.29) is 35.0 Å². The second-order valence-electron chi connectivity index (χ2n) is 13.4. The van der Waals surface area contributed by atoms with Gasteiger partial charge in [0.05, 0.1) is 35.2 Å². The van der Waals surface area contributed by atoms with Crippen molar-refractivity contribution in [3.63, 3.8) is 0 Å². The molecular formula is C28H44O6. The molecule has 5 fully saturated rings. The zero-order valence-electron chi connectivity index (χ0n) is 22.0. The van der Waals surface area contributed by atoms with Crippen LogP contribution in [-0.4, -0.2) is 46.6 Å². The first-order valence-corrected chi connectivity index (χ1v) is 13.6. The standard InChI is InChI=1S/C28H44O6/c1-25(2,19-11-13-27(5)21(15-19)31-27)33-23(29)17-7-9-18(10-8-17)24(30)34-26(3,4)20-12-14-28(6)22(16-20)32-28/h17-22H,7-16H2,1-6H3. The fraction of sp³-hybridized carbons (Fsp3) is 0.929. The van der Waals surface area contributed by atoms with Gasteiger partial charge in [-0.15, -0.1) is 0 Å². The van der Waals surface area contributed by atoms with E-state index in [0.717, 1.165) is 38.5 Å². The number of carbonyl (C=O) groups is 2. The quantitative estimate of drug-likeness (QED) is 0.380. The van der Waals surface area contributed by atoms with Crippen LogP contribution in [-0.2, 0) is 28.5 Å². The zero-order chi connectivity index (χ0) is 24.5. The lowest BCUT2D eigenvalue weighted by molar-refractivity contribution is -0.175. The van der Waals surface area contributed by atoms with Crippen molar-refractivity contribution in [2.24, 2.45) is 23.7 Å². The van der Waals surface area contributed by atoms with Crippen LogP contribution in [0.5, 0.6) is 0 Å². The Morgan fingerprint density at radius 1 is 0.676 bits per heavy atom. The highest BCUT2D eigenvalue weighted by atomic mass is 16.6. The van der Waals surface area contributed by atoms with E-state index in [1.165, 1.54) is 0 Å². The number of hydrogen-bond donors (Lipinski definition) is 0. The molecule has 0 aromatic rings. The molecule has 6 unspecified atom stereocenters. The van der Waals surface area contributed by atoms with Crippen LogP contribution in [0, 0.1) is 23.7 Å². The number of fused-ring (bicyclic) bond motifs is 2. The van der Waals surface area contributed by atoms with Crippen molar-refractivity contribution in [1.82, 2.24) is 0 Å². The van der Waals surface area contributed by atoms with Gasteiger partial charge in [0.2, 0.25) is 0 Å². The average molecular weight is 477 g/mol. The third kappa shape index (κ3) is 4.66. The minimum atomic E-state index is -0.481. The molecule has 3 saturated carbocycles. The smallest absolute Gasteiger partial charge is 0.309 e. The highest BCUT2D eigenvalue weighted by Gasteiger charge is 2.58. The monoisotopic (exact) mass is 476 g/mol. The summed E-state index contributed by atoms with van der Waals surface area (Å²) in [4.78, 5) is 26.0. The largest absolute Gasteiger partial charge is 0.459 e. The van der Waals surface area contributed by atoms with E-state index >= 15 is 0 Å². The Labute approximate surface area is 204 Å². The van der Waals surface area contributed by atoms with Crippen LogP contribution < -0.4 is 0 Å². The van der Waals surface area contributed by atoms with Gasteiger partial charge in [-0.1, -0.05) is 0 Å². The van der Waals surface area contributed by atoms with Gasteiger partial charge in [-0.2, -0.15) is 0 Å². The molecule has 5 rings (SSSR count). The van der Waals surface area contributed by atoms with Gasteiger partial charge < -0.3 is 18.9 Å².